The monoisotopic (exact) mass is 551 g/mol. The SMILES string of the molecule is COC(=O)N1C2CC[C@H]1CC2n1c(=O)n(C)c2cnc3[nH]c(-c4cnn(C)c4)c(-c4ccc5c(cnn5C)c4)c3c21. The second-order valence-corrected chi connectivity index (χ2v) is 11.2. The molecule has 2 bridgehead atoms. The van der Waals surface area contributed by atoms with Gasteiger partial charge in [0.2, 0.25) is 0 Å². The van der Waals surface area contributed by atoms with Gasteiger partial charge in [0.15, 0.2) is 0 Å². The lowest BCUT2D eigenvalue weighted by molar-refractivity contribution is 0.115. The molecule has 7 heterocycles. The third-order valence-electron chi connectivity index (χ3n) is 9.12. The lowest BCUT2D eigenvalue weighted by atomic mass is 9.94. The fraction of sp³-hybridized carbons (Fsp3) is 0.345. The number of methoxy groups -OCH3 is 1. The van der Waals surface area contributed by atoms with Crippen molar-refractivity contribution in [2.45, 2.75) is 37.4 Å². The molecule has 1 N–H and O–H groups in total. The average molecular weight is 552 g/mol. The maximum absolute atomic E-state index is 14.0. The summed E-state index contributed by atoms with van der Waals surface area (Å²) in [4.78, 5) is 36.9. The van der Waals surface area contributed by atoms with Gasteiger partial charge in [-0.3, -0.25) is 18.5 Å². The number of aromatic nitrogens is 8. The standard InChI is InChI=1S/C29H29N9O3/c1-34-14-17(12-31-34)25-23(15-5-7-19-16(9-15)11-32-36(19)3)24-26-22(13-30-27(24)33-25)35(2)28(39)38(26)21-10-18-6-8-20(21)37(18)29(40)41-4/h5,7,9,11-14,18,20-21H,6,8,10H2,1-4H3,(H,30,33)/t18-,20?,21?/m0/s1. The molecule has 3 atom stereocenters. The van der Waals surface area contributed by atoms with Crippen molar-refractivity contribution in [1.29, 1.82) is 0 Å². The van der Waals surface area contributed by atoms with Gasteiger partial charge in [0.05, 0.1) is 65.4 Å². The molecule has 0 saturated carbocycles. The summed E-state index contributed by atoms with van der Waals surface area (Å²) < 4.78 is 12.3. The largest absolute Gasteiger partial charge is 0.453 e. The normalized spacial score (nSPS) is 20.3. The van der Waals surface area contributed by atoms with Crippen LogP contribution in [0.4, 0.5) is 4.79 Å². The number of pyridine rings is 1. The molecule has 12 nitrogen and oxygen atoms in total. The Bertz CT molecular complexity index is 2090. The summed E-state index contributed by atoms with van der Waals surface area (Å²) in [6.45, 7) is 0. The van der Waals surface area contributed by atoms with Crippen molar-refractivity contribution in [3.63, 3.8) is 0 Å². The molecule has 2 saturated heterocycles. The van der Waals surface area contributed by atoms with E-state index in [-0.39, 0.29) is 29.9 Å². The van der Waals surface area contributed by atoms with Crippen LogP contribution in [0.1, 0.15) is 25.3 Å². The highest BCUT2D eigenvalue weighted by atomic mass is 16.5. The molecule has 8 rings (SSSR count). The number of aryl methyl sites for hydroxylation is 3. The predicted octanol–water partition coefficient (Wildman–Crippen LogP) is 3.71. The zero-order chi connectivity index (χ0) is 28.2. The van der Waals surface area contributed by atoms with E-state index in [0.29, 0.717) is 12.1 Å². The molecule has 0 spiro atoms. The Morgan fingerprint density at radius 3 is 2.66 bits per heavy atom. The minimum absolute atomic E-state index is 0.0570. The first-order valence-corrected chi connectivity index (χ1v) is 13.7. The van der Waals surface area contributed by atoms with Crippen molar-refractivity contribution in [1.82, 2.24) is 43.6 Å². The molecule has 0 aliphatic carbocycles. The van der Waals surface area contributed by atoms with Gasteiger partial charge in [-0.25, -0.2) is 14.6 Å². The number of hydrogen-bond donors (Lipinski definition) is 1. The van der Waals surface area contributed by atoms with E-state index in [4.69, 9.17) is 9.72 Å². The summed E-state index contributed by atoms with van der Waals surface area (Å²) in [5.74, 6) is 0. The maximum atomic E-state index is 14.0. The van der Waals surface area contributed by atoms with Crippen molar-refractivity contribution < 1.29 is 9.53 Å². The van der Waals surface area contributed by atoms with Crippen LogP contribution in [0.25, 0.3) is 55.4 Å². The summed E-state index contributed by atoms with van der Waals surface area (Å²) in [6.07, 6.45) is 9.55. The Labute approximate surface area is 233 Å². The lowest BCUT2D eigenvalue weighted by Gasteiger charge is -2.24. The Morgan fingerprint density at radius 1 is 1.02 bits per heavy atom. The number of nitrogens with one attached hydrogen (secondary N) is 1. The number of rotatable bonds is 3. The maximum Gasteiger partial charge on any atom is 0.410 e. The molecule has 1 aromatic carbocycles. The molecule has 6 aromatic rings. The molecule has 12 heteroatoms. The molecule has 0 radical (unpaired) electrons. The summed E-state index contributed by atoms with van der Waals surface area (Å²) in [7, 11) is 7.02. The predicted molar refractivity (Wildman–Crippen MR) is 153 cm³/mol. The molecule has 2 aliphatic heterocycles. The van der Waals surface area contributed by atoms with E-state index in [1.54, 1.807) is 22.5 Å². The Morgan fingerprint density at radius 2 is 1.88 bits per heavy atom. The van der Waals surface area contributed by atoms with Crippen LogP contribution in [0.3, 0.4) is 0 Å². The molecule has 1 amide bonds. The zero-order valence-electron chi connectivity index (χ0n) is 23.2. The molecule has 2 unspecified atom stereocenters. The second kappa shape index (κ2) is 8.32. The number of carbonyl (C=O) groups is 1. The third-order valence-corrected chi connectivity index (χ3v) is 9.12. The van der Waals surface area contributed by atoms with E-state index in [2.05, 4.69) is 33.4 Å². The first-order chi connectivity index (χ1) is 19.9. The number of imidazole rings is 1. The first-order valence-electron chi connectivity index (χ1n) is 13.7. The summed E-state index contributed by atoms with van der Waals surface area (Å²) in [5, 5.41) is 10.8. The molecule has 208 valence electrons. The van der Waals surface area contributed by atoms with Gasteiger partial charge >= 0.3 is 11.8 Å². The fourth-order valence-electron chi connectivity index (χ4n) is 7.29. The van der Waals surface area contributed by atoms with Crippen LogP contribution in [-0.2, 0) is 25.9 Å². The smallest absolute Gasteiger partial charge is 0.410 e. The highest BCUT2D eigenvalue weighted by Gasteiger charge is 2.51. The van der Waals surface area contributed by atoms with Gasteiger partial charge in [0, 0.05) is 49.9 Å². The lowest BCUT2D eigenvalue weighted by Crippen LogP contribution is -2.38. The number of benzene rings is 1. The van der Waals surface area contributed by atoms with Gasteiger partial charge in [-0.1, -0.05) is 6.07 Å². The van der Waals surface area contributed by atoms with E-state index in [1.165, 1.54) is 7.11 Å². The topological polar surface area (TPSA) is 121 Å². The summed E-state index contributed by atoms with van der Waals surface area (Å²) in [6, 6.07) is 6.07. The Hall–Kier alpha value is -4.87. The van der Waals surface area contributed by atoms with Crippen molar-refractivity contribution in [3.8, 4) is 22.4 Å². The van der Waals surface area contributed by atoms with Gasteiger partial charge in [-0.15, -0.1) is 0 Å². The van der Waals surface area contributed by atoms with Gasteiger partial charge in [0.1, 0.15) is 5.65 Å². The van der Waals surface area contributed by atoms with Crippen molar-refractivity contribution in [2.75, 3.05) is 7.11 Å². The van der Waals surface area contributed by atoms with E-state index in [1.807, 2.05) is 46.8 Å². The highest BCUT2D eigenvalue weighted by Crippen LogP contribution is 2.47. The number of aromatic amines is 1. The molecular formula is C29H29N9O3. The number of ether oxygens (including phenoxy) is 1. The summed E-state index contributed by atoms with van der Waals surface area (Å²) >= 11 is 0. The van der Waals surface area contributed by atoms with Crippen molar-refractivity contribution >= 4 is 39.1 Å². The Kier molecular flexibility index (Phi) is 4.86. The van der Waals surface area contributed by atoms with E-state index >= 15 is 0 Å². The van der Waals surface area contributed by atoms with E-state index < -0.39 is 0 Å². The first kappa shape index (κ1) is 24.0. The number of amides is 1. The minimum Gasteiger partial charge on any atom is -0.453 e. The van der Waals surface area contributed by atoms with Crippen LogP contribution in [0.15, 0.2) is 47.8 Å². The van der Waals surface area contributed by atoms with E-state index in [0.717, 1.165) is 62.5 Å². The highest BCUT2D eigenvalue weighted by molar-refractivity contribution is 6.14. The van der Waals surface area contributed by atoms with Crippen LogP contribution in [-0.4, -0.2) is 68.8 Å². The number of carbonyl (C=O) groups excluding carboxylic acids is 1. The number of H-pyrrole nitrogens is 1. The average Bonchev–Trinajstić information content (AvgIpc) is 3.82. The third kappa shape index (κ3) is 3.18. The molecule has 5 aromatic heterocycles. The van der Waals surface area contributed by atoms with Crippen molar-refractivity contribution in [3.05, 3.63) is 53.5 Å². The minimum atomic E-state index is -0.328. The van der Waals surface area contributed by atoms with Crippen LogP contribution in [0.5, 0.6) is 0 Å². The van der Waals surface area contributed by atoms with Crippen LogP contribution in [0, 0.1) is 0 Å². The molecule has 2 fully saturated rings. The molecular weight excluding hydrogens is 522 g/mol. The van der Waals surface area contributed by atoms with Crippen molar-refractivity contribution in [2.24, 2.45) is 21.1 Å². The fourth-order valence-corrected chi connectivity index (χ4v) is 7.29. The quantitative estimate of drug-likeness (QED) is 0.358. The Balaban J connectivity index is 1.45. The number of fused-ring (bicyclic) bond motifs is 6. The van der Waals surface area contributed by atoms with Crippen LogP contribution < -0.4 is 5.69 Å². The van der Waals surface area contributed by atoms with E-state index in [9.17, 15) is 9.59 Å². The van der Waals surface area contributed by atoms with Crippen LogP contribution in [0.2, 0.25) is 0 Å². The zero-order valence-corrected chi connectivity index (χ0v) is 23.2. The van der Waals surface area contributed by atoms with Gasteiger partial charge in [-0.2, -0.15) is 10.2 Å². The molecule has 41 heavy (non-hydrogen) atoms. The van der Waals surface area contributed by atoms with Crippen LogP contribution >= 0.6 is 0 Å². The van der Waals surface area contributed by atoms with Gasteiger partial charge < -0.3 is 14.6 Å². The molecule has 2 aliphatic rings. The second-order valence-electron chi connectivity index (χ2n) is 11.2. The van der Waals surface area contributed by atoms with Gasteiger partial charge in [-0.05, 0) is 37.0 Å². The number of nitrogens with zero attached hydrogens (tertiary/aromatic N) is 8. The number of hydrogen-bond acceptors (Lipinski definition) is 6. The van der Waals surface area contributed by atoms with Gasteiger partial charge in [0.25, 0.3) is 0 Å². The summed E-state index contributed by atoms with van der Waals surface area (Å²) in [5.41, 5.74) is 6.89.